The lowest BCUT2D eigenvalue weighted by molar-refractivity contribution is 0.626. The Bertz CT molecular complexity index is 698. The van der Waals surface area contributed by atoms with Crippen molar-refractivity contribution in [3.8, 4) is 6.07 Å². The van der Waals surface area contributed by atoms with Crippen LogP contribution in [0.2, 0.25) is 0 Å². The summed E-state index contributed by atoms with van der Waals surface area (Å²) in [6.07, 6.45) is 3.86. The Labute approximate surface area is 109 Å². The molecule has 2 aromatic rings. The van der Waals surface area contributed by atoms with Crippen molar-refractivity contribution >= 4 is 23.9 Å². The molecule has 0 saturated heterocycles. The van der Waals surface area contributed by atoms with Gasteiger partial charge in [0, 0.05) is 9.79 Å². The number of nitrogens with zero attached hydrogens (tertiary/aromatic N) is 1. The van der Waals surface area contributed by atoms with E-state index < -0.39 is 0 Å². The Kier molecular flexibility index (Phi) is 2.66. The fraction of sp³-hybridized carbons (Fsp3) is 0. The smallest absolute Gasteiger partial charge is 0.123 e. The van der Waals surface area contributed by atoms with Gasteiger partial charge in [-0.1, -0.05) is 30.0 Å². The number of rotatable bonds is 0. The van der Waals surface area contributed by atoms with E-state index in [0.717, 1.165) is 20.9 Å². The Morgan fingerprint density at radius 1 is 0.944 bits per heavy atom. The van der Waals surface area contributed by atoms with Gasteiger partial charge in [0.1, 0.15) is 5.82 Å². The topological polar surface area (TPSA) is 23.8 Å². The summed E-state index contributed by atoms with van der Waals surface area (Å²) in [6.45, 7) is 0. The average molecular weight is 253 g/mol. The molecule has 0 amide bonds. The van der Waals surface area contributed by atoms with Gasteiger partial charge in [-0.15, -0.1) is 0 Å². The molecule has 0 aliphatic carbocycles. The van der Waals surface area contributed by atoms with Crippen molar-refractivity contribution in [2.24, 2.45) is 0 Å². The minimum absolute atomic E-state index is 0.234. The van der Waals surface area contributed by atoms with Gasteiger partial charge in [0.25, 0.3) is 0 Å². The summed E-state index contributed by atoms with van der Waals surface area (Å²) in [5, 5.41) is 8.91. The second-order valence-corrected chi connectivity index (χ2v) is 5.07. The van der Waals surface area contributed by atoms with Crippen molar-refractivity contribution in [1.29, 1.82) is 5.26 Å². The Hall–Kier alpha value is -2.05. The van der Waals surface area contributed by atoms with Crippen molar-refractivity contribution < 1.29 is 4.39 Å². The van der Waals surface area contributed by atoms with E-state index in [2.05, 4.69) is 6.07 Å². The van der Waals surface area contributed by atoms with E-state index in [-0.39, 0.29) is 5.82 Å². The molecule has 18 heavy (non-hydrogen) atoms. The summed E-state index contributed by atoms with van der Waals surface area (Å²) in [6, 6.07) is 12.5. The van der Waals surface area contributed by atoms with Crippen LogP contribution in [0.3, 0.4) is 0 Å². The van der Waals surface area contributed by atoms with Crippen molar-refractivity contribution in [1.82, 2.24) is 0 Å². The highest BCUT2D eigenvalue weighted by molar-refractivity contribution is 7.99. The molecule has 0 atom stereocenters. The zero-order valence-corrected chi connectivity index (χ0v) is 10.2. The van der Waals surface area contributed by atoms with Gasteiger partial charge in [0.05, 0.1) is 11.6 Å². The predicted molar refractivity (Wildman–Crippen MR) is 70.6 cm³/mol. The molecular formula is C15H8FNS. The number of fused-ring (bicyclic) bond motifs is 2. The Balaban J connectivity index is 2.15. The molecule has 1 aliphatic heterocycles. The summed E-state index contributed by atoms with van der Waals surface area (Å²) >= 11 is 1.56. The summed E-state index contributed by atoms with van der Waals surface area (Å²) in [7, 11) is 0. The highest BCUT2D eigenvalue weighted by Crippen LogP contribution is 2.37. The average Bonchev–Trinajstić information content (AvgIpc) is 2.56. The third-order valence-electron chi connectivity index (χ3n) is 2.78. The van der Waals surface area contributed by atoms with Crippen LogP contribution in [0.15, 0.2) is 46.2 Å². The SMILES string of the molecule is N#Cc1ccc2c(c1)Sc1ccc(F)cc1C=C2. The Morgan fingerprint density at radius 3 is 2.61 bits per heavy atom. The second-order valence-electron chi connectivity index (χ2n) is 3.98. The van der Waals surface area contributed by atoms with E-state index in [1.165, 1.54) is 12.1 Å². The van der Waals surface area contributed by atoms with E-state index >= 15 is 0 Å². The van der Waals surface area contributed by atoms with Crippen LogP contribution in [-0.2, 0) is 0 Å². The van der Waals surface area contributed by atoms with E-state index in [4.69, 9.17) is 5.26 Å². The van der Waals surface area contributed by atoms with Crippen LogP contribution in [0, 0.1) is 17.1 Å². The molecule has 3 rings (SSSR count). The molecule has 1 nitrogen and oxygen atoms in total. The molecule has 0 spiro atoms. The molecule has 1 heterocycles. The number of nitriles is 1. The van der Waals surface area contributed by atoms with Crippen molar-refractivity contribution in [2.45, 2.75) is 9.79 Å². The maximum atomic E-state index is 13.2. The van der Waals surface area contributed by atoms with Crippen LogP contribution in [0.4, 0.5) is 4.39 Å². The molecule has 0 N–H and O–H groups in total. The third-order valence-corrected chi connectivity index (χ3v) is 3.94. The first kappa shape index (κ1) is 11.1. The first-order valence-corrected chi connectivity index (χ1v) is 6.27. The van der Waals surface area contributed by atoms with E-state index in [9.17, 15) is 4.39 Å². The normalized spacial score (nSPS) is 12.2. The fourth-order valence-electron chi connectivity index (χ4n) is 1.87. The van der Waals surface area contributed by atoms with Crippen molar-refractivity contribution in [3.63, 3.8) is 0 Å². The van der Waals surface area contributed by atoms with Gasteiger partial charge in [-0.05, 0) is 41.5 Å². The fourth-order valence-corrected chi connectivity index (χ4v) is 2.93. The molecule has 0 bridgehead atoms. The number of hydrogen-bond acceptors (Lipinski definition) is 2. The lowest BCUT2D eigenvalue weighted by Crippen LogP contribution is -1.83. The molecule has 0 aromatic heterocycles. The molecular weight excluding hydrogens is 245 g/mol. The quantitative estimate of drug-likeness (QED) is 0.595. The van der Waals surface area contributed by atoms with Crippen LogP contribution in [0.1, 0.15) is 16.7 Å². The van der Waals surface area contributed by atoms with E-state index in [1.54, 1.807) is 23.9 Å². The minimum Gasteiger partial charge on any atom is -0.207 e. The van der Waals surface area contributed by atoms with Gasteiger partial charge in [-0.25, -0.2) is 4.39 Å². The molecule has 0 radical (unpaired) electrons. The highest BCUT2D eigenvalue weighted by Gasteiger charge is 2.11. The standard InChI is InChI=1S/C15H8FNS/c16-13-5-6-14-12(8-13)4-3-11-2-1-10(9-17)7-15(11)18-14/h1-8H. The molecule has 2 aromatic carbocycles. The number of halogens is 1. The number of hydrogen-bond donors (Lipinski definition) is 0. The van der Waals surface area contributed by atoms with Crippen molar-refractivity contribution in [2.75, 3.05) is 0 Å². The minimum atomic E-state index is -0.234. The monoisotopic (exact) mass is 253 g/mol. The summed E-state index contributed by atoms with van der Waals surface area (Å²) in [5.74, 6) is -0.234. The molecule has 1 aliphatic rings. The molecule has 0 saturated carbocycles. The zero-order chi connectivity index (χ0) is 12.5. The van der Waals surface area contributed by atoms with Crippen LogP contribution >= 0.6 is 11.8 Å². The maximum Gasteiger partial charge on any atom is 0.123 e. The van der Waals surface area contributed by atoms with Gasteiger partial charge in [-0.2, -0.15) is 5.26 Å². The van der Waals surface area contributed by atoms with Crippen LogP contribution < -0.4 is 0 Å². The second kappa shape index (κ2) is 4.32. The molecule has 86 valence electrons. The maximum absolute atomic E-state index is 13.2. The lowest BCUT2D eigenvalue weighted by Gasteiger charge is -2.05. The van der Waals surface area contributed by atoms with E-state index in [1.807, 2.05) is 24.3 Å². The Morgan fingerprint density at radius 2 is 1.78 bits per heavy atom. The van der Waals surface area contributed by atoms with Gasteiger partial charge in [0.15, 0.2) is 0 Å². The van der Waals surface area contributed by atoms with Crippen LogP contribution in [0.25, 0.3) is 12.2 Å². The van der Waals surface area contributed by atoms with Gasteiger partial charge in [-0.3, -0.25) is 0 Å². The highest BCUT2D eigenvalue weighted by atomic mass is 32.2. The van der Waals surface area contributed by atoms with Gasteiger partial charge >= 0.3 is 0 Å². The molecule has 3 heteroatoms. The summed E-state index contributed by atoms with van der Waals surface area (Å²) in [4.78, 5) is 2.03. The van der Waals surface area contributed by atoms with Gasteiger partial charge in [0.2, 0.25) is 0 Å². The van der Waals surface area contributed by atoms with Crippen LogP contribution in [-0.4, -0.2) is 0 Å². The van der Waals surface area contributed by atoms with Crippen LogP contribution in [0.5, 0.6) is 0 Å². The lowest BCUT2D eigenvalue weighted by atomic mass is 10.1. The molecule has 0 fully saturated rings. The predicted octanol–water partition coefficient (Wildman–Crippen LogP) is 4.33. The van der Waals surface area contributed by atoms with Crippen molar-refractivity contribution in [3.05, 3.63) is 58.9 Å². The zero-order valence-electron chi connectivity index (χ0n) is 9.35. The summed E-state index contributed by atoms with van der Waals surface area (Å²) < 4.78 is 13.2. The summed E-state index contributed by atoms with van der Waals surface area (Å²) in [5.41, 5.74) is 2.56. The number of benzene rings is 2. The largest absolute Gasteiger partial charge is 0.207 e. The first-order valence-electron chi connectivity index (χ1n) is 5.46. The molecule has 0 unspecified atom stereocenters. The van der Waals surface area contributed by atoms with Gasteiger partial charge < -0.3 is 0 Å². The first-order chi connectivity index (χ1) is 8.76. The third kappa shape index (κ3) is 1.92. The van der Waals surface area contributed by atoms with E-state index in [0.29, 0.717) is 5.56 Å².